The Kier molecular flexibility index (Phi) is 5.06. The van der Waals surface area contributed by atoms with Gasteiger partial charge in [0.15, 0.2) is 0 Å². The van der Waals surface area contributed by atoms with Gasteiger partial charge in [0, 0.05) is 5.69 Å². The number of halogens is 6. The number of benzene rings is 2. The first-order valence-corrected chi connectivity index (χ1v) is 7.34. The Morgan fingerprint density at radius 3 is 1.68 bits per heavy atom. The Bertz CT molecular complexity index is 922. The molecule has 0 spiro atoms. The van der Waals surface area contributed by atoms with Gasteiger partial charge in [-0.25, -0.2) is 9.59 Å². The lowest BCUT2D eigenvalue weighted by atomic mass is 9.72. The first-order chi connectivity index (χ1) is 12.7. The molecule has 0 aliphatic carbocycles. The van der Waals surface area contributed by atoms with Gasteiger partial charge < -0.3 is 15.9 Å². The summed E-state index contributed by atoms with van der Waals surface area (Å²) in [7, 11) is 0. The van der Waals surface area contributed by atoms with Crippen molar-refractivity contribution < 1.29 is 46.1 Å². The number of anilines is 1. The molecule has 0 fully saturated rings. The second-order valence-corrected chi connectivity index (χ2v) is 5.74. The van der Waals surface area contributed by atoms with Crippen LogP contribution in [0.5, 0.6) is 0 Å². The summed E-state index contributed by atoms with van der Waals surface area (Å²) in [5, 5.41) is 18.0. The van der Waals surface area contributed by atoms with Gasteiger partial charge in [-0.3, -0.25) is 0 Å². The maximum Gasteiger partial charge on any atom is 0.411 e. The van der Waals surface area contributed by atoms with Crippen LogP contribution in [0.1, 0.15) is 31.8 Å². The highest BCUT2D eigenvalue weighted by molar-refractivity contribution is 6.01. The van der Waals surface area contributed by atoms with Gasteiger partial charge in [0.25, 0.3) is 0 Å². The molecule has 0 aliphatic heterocycles. The van der Waals surface area contributed by atoms with Crippen molar-refractivity contribution in [2.45, 2.75) is 17.8 Å². The standard InChI is InChI=1S/C17H11F6NO4/c18-16(19,20)15(17(21,22)23,8-2-1-3-10(24)6-8)9-4-5-11(13(25)26)12(7-9)14(27)28/h1-7H,24H2,(H,25,26)(H,27,28). The van der Waals surface area contributed by atoms with Crippen molar-refractivity contribution in [3.05, 3.63) is 64.7 Å². The predicted molar refractivity (Wildman–Crippen MR) is 84.1 cm³/mol. The normalized spacial score (nSPS) is 12.6. The summed E-state index contributed by atoms with van der Waals surface area (Å²) in [6, 6.07) is 3.75. The Hall–Kier alpha value is -3.24. The molecule has 5 nitrogen and oxygen atoms in total. The van der Waals surface area contributed by atoms with E-state index in [2.05, 4.69) is 0 Å². The minimum absolute atomic E-state index is 0.0654. The van der Waals surface area contributed by atoms with Gasteiger partial charge in [0.1, 0.15) is 0 Å². The lowest BCUT2D eigenvalue weighted by Gasteiger charge is -2.38. The number of carbonyl (C=O) groups is 2. The van der Waals surface area contributed by atoms with E-state index in [4.69, 9.17) is 15.9 Å². The molecule has 0 radical (unpaired) electrons. The quantitative estimate of drug-likeness (QED) is 0.524. The number of carboxylic acid groups (broad SMARTS) is 2. The third kappa shape index (κ3) is 3.23. The van der Waals surface area contributed by atoms with Crippen LogP contribution >= 0.6 is 0 Å². The summed E-state index contributed by atoms with van der Waals surface area (Å²) < 4.78 is 83.7. The number of hydrogen-bond donors (Lipinski definition) is 3. The van der Waals surface area contributed by atoms with Gasteiger partial charge in [-0.15, -0.1) is 0 Å². The lowest BCUT2D eigenvalue weighted by Crippen LogP contribution is -2.54. The van der Waals surface area contributed by atoms with Crippen LogP contribution < -0.4 is 5.73 Å². The van der Waals surface area contributed by atoms with E-state index in [0.717, 1.165) is 12.1 Å². The summed E-state index contributed by atoms with van der Waals surface area (Å²) in [5.74, 6) is -3.82. The zero-order chi connectivity index (χ0) is 21.5. The largest absolute Gasteiger partial charge is 0.478 e. The van der Waals surface area contributed by atoms with Crippen LogP contribution in [0.15, 0.2) is 42.5 Å². The molecule has 4 N–H and O–H groups in total. The Balaban J connectivity index is 3.01. The van der Waals surface area contributed by atoms with E-state index in [1.807, 2.05) is 0 Å². The molecule has 150 valence electrons. The van der Waals surface area contributed by atoms with Crippen molar-refractivity contribution in [3.8, 4) is 0 Å². The van der Waals surface area contributed by atoms with Crippen molar-refractivity contribution in [1.29, 1.82) is 0 Å². The number of aromatic carboxylic acids is 2. The van der Waals surface area contributed by atoms with Gasteiger partial charge in [-0.05, 0) is 35.4 Å². The Morgan fingerprint density at radius 2 is 1.25 bits per heavy atom. The highest BCUT2D eigenvalue weighted by atomic mass is 19.4. The SMILES string of the molecule is Nc1cccc(C(c2ccc(C(=O)O)c(C(=O)O)c2)(C(F)(F)F)C(F)(F)F)c1. The molecular weight excluding hydrogens is 396 g/mol. The van der Waals surface area contributed by atoms with E-state index in [-0.39, 0.29) is 11.8 Å². The van der Waals surface area contributed by atoms with Crippen LogP contribution in [0.3, 0.4) is 0 Å². The number of nitrogen functional groups attached to an aromatic ring is 1. The van der Waals surface area contributed by atoms with Gasteiger partial charge in [-0.2, -0.15) is 26.3 Å². The number of nitrogens with two attached hydrogens (primary N) is 1. The zero-order valence-corrected chi connectivity index (χ0v) is 13.6. The summed E-state index contributed by atoms with van der Waals surface area (Å²) in [5.41, 5.74) is -4.61. The molecule has 0 saturated carbocycles. The monoisotopic (exact) mass is 407 g/mol. The average Bonchev–Trinajstić information content (AvgIpc) is 2.52. The van der Waals surface area contributed by atoms with E-state index in [0.29, 0.717) is 24.3 Å². The van der Waals surface area contributed by atoms with Gasteiger partial charge in [0.05, 0.1) is 11.1 Å². The molecule has 0 heterocycles. The second-order valence-electron chi connectivity index (χ2n) is 5.74. The molecule has 0 aliphatic rings. The van der Waals surface area contributed by atoms with Crippen LogP contribution in [-0.4, -0.2) is 34.5 Å². The zero-order valence-electron chi connectivity index (χ0n) is 13.6. The summed E-state index contributed by atoms with van der Waals surface area (Å²) in [6.07, 6.45) is -11.9. The van der Waals surface area contributed by atoms with Crippen LogP contribution in [0.2, 0.25) is 0 Å². The predicted octanol–water partition coefficient (Wildman–Crippen LogP) is 4.08. The van der Waals surface area contributed by atoms with Crippen molar-refractivity contribution in [3.63, 3.8) is 0 Å². The van der Waals surface area contributed by atoms with E-state index in [9.17, 15) is 35.9 Å². The average molecular weight is 407 g/mol. The molecule has 2 aromatic carbocycles. The minimum Gasteiger partial charge on any atom is -0.478 e. The maximum absolute atomic E-state index is 13.9. The van der Waals surface area contributed by atoms with Gasteiger partial charge in [0.2, 0.25) is 5.41 Å². The smallest absolute Gasteiger partial charge is 0.411 e. The summed E-state index contributed by atoms with van der Waals surface area (Å²) in [4.78, 5) is 22.3. The molecular formula is C17H11F6NO4. The number of hydrogen-bond acceptors (Lipinski definition) is 3. The van der Waals surface area contributed by atoms with Crippen LogP contribution in [0.25, 0.3) is 0 Å². The van der Waals surface area contributed by atoms with Crippen LogP contribution in [0, 0.1) is 0 Å². The van der Waals surface area contributed by atoms with Crippen LogP contribution in [0.4, 0.5) is 32.0 Å². The summed E-state index contributed by atoms with van der Waals surface area (Å²) in [6.45, 7) is 0. The van der Waals surface area contributed by atoms with E-state index >= 15 is 0 Å². The number of rotatable bonds is 4. The van der Waals surface area contributed by atoms with Crippen molar-refractivity contribution in [2.75, 3.05) is 5.73 Å². The lowest BCUT2D eigenvalue weighted by molar-refractivity contribution is -0.288. The van der Waals surface area contributed by atoms with E-state index in [1.54, 1.807) is 0 Å². The Morgan fingerprint density at radius 1 is 0.750 bits per heavy atom. The van der Waals surface area contributed by atoms with E-state index in [1.165, 1.54) is 0 Å². The van der Waals surface area contributed by atoms with E-state index < -0.39 is 52.0 Å². The van der Waals surface area contributed by atoms with Gasteiger partial charge >= 0.3 is 24.3 Å². The van der Waals surface area contributed by atoms with Crippen molar-refractivity contribution in [2.24, 2.45) is 0 Å². The topological polar surface area (TPSA) is 101 Å². The molecule has 0 unspecified atom stereocenters. The minimum atomic E-state index is -5.96. The number of carboxylic acids is 2. The summed E-state index contributed by atoms with van der Waals surface area (Å²) >= 11 is 0. The molecule has 28 heavy (non-hydrogen) atoms. The molecule has 11 heteroatoms. The highest BCUT2D eigenvalue weighted by Gasteiger charge is 2.72. The van der Waals surface area contributed by atoms with Crippen molar-refractivity contribution >= 4 is 17.6 Å². The van der Waals surface area contributed by atoms with Crippen LogP contribution in [-0.2, 0) is 5.41 Å². The second kappa shape index (κ2) is 6.73. The third-order valence-corrected chi connectivity index (χ3v) is 4.08. The highest BCUT2D eigenvalue weighted by Crippen LogP contribution is 2.56. The van der Waals surface area contributed by atoms with Crippen molar-refractivity contribution in [1.82, 2.24) is 0 Å². The Labute approximate surface area is 153 Å². The first-order valence-electron chi connectivity index (χ1n) is 7.34. The molecule has 0 bridgehead atoms. The molecule has 0 saturated heterocycles. The fourth-order valence-corrected chi connectivity index (χ4v) is 2.89. The fourth-order valence-electron chi connectivity index (χ4n) is 2.89. The molecule has 0 aromatic heterocycles. The molecule has 0 amide bonds. The molecule has 0 atom stereocenters. The van der Waals surface area contributed by atoms with Gasteiger partial charge in [-0.1, -0.05) is 18.2 Å². The fraction of sp³-hybridized carbons (Fsp3) is 0.176. The molecule has 2 rings (SSSR count). The third-order valence-electron chi connectivity index (χ3n) is 4.08. The molecule has 2 aromatic rings. The maximum atomic E-state index is 13.9. The number of alkyl halides is 6. The first kappa shape index (κ1) is 21.1.